The number of carbonyl (C=O) groups excluding carboxylic acids is 1. The number of rotatable bonds is 4. The van der Waals surface area contributed by atoms with Gasteiger partial charge in [-0.1, -0.05) is 11.8 Å². The van der Waals surface area contributed by atoms with Crippen molar-refractivity contribution in [2.75, 3.05) is 0 Å². The number of hydrogen-bond donors (Lipinski definition) is 0. The van der Waals surface area contributed by atoms with E-state index in [0.717, 1.165) is 0 Å². The Morgan fingerprint density at radius 1 is 1.33 bits per heavy atom. The molecule has 18 heavy (non-hydrogen) atoms. The minimum absolute atomic E-state index is 0.160. The Morgan fingerprint density at radius 2 is 1.94 bits per heavy atom. The van der Waals surface area contributed by atoms with Crippen LogP contribution in [0.5, 0.6) is 0 Å². The first-order chi connectivity index (χ1) is 8.20. The molecule has 0 saturated carbocycles. The van der Waals surface area contributed by atoms with Crippen LogP contribution in [0.4, 0.5) is 0 Å². The first-order valence-electron chi connectivity index (χ1n) is 5.88. The molecule has 7 heteroatoms. The third-order valence-electron chi connectivity index (χ3n) is 1.97. The van der Waals surface area contributed by atoms with Crippen LogP contribution in [0.2, 0.25) is 0 Å². The van der Waals surface area contributed by atoms with Crippen molar-refractivity contribution >= 4 is 17.7 Å². The van der Waals surface area contributed by atoms with Gasteiger partial charge in [0.15, 0.2) is 0 Å². The van der Waals surface area contributed by atoms with Gasteiger partial charge in [-0.2, -0.15) is 0 Å². The van der Waals surface area contributed by atoms with Crippen LogP contribution in [0, 0.1) is 0 Å². The molecule has 0 amide bonds. The van der Waals surface area contributed by atoms with Crippen molar-refractivity contribution in [3.8, 4) is 0 Å². The summed E-state index contributed by atoms with van der Waals surface area (Å²) in [5.41, 5.74) is -0.476. The van der Waals surface area contributed by atoms with Crippen LogP contribution in [0.1, 0.15) is 47.6 Å². The molecule has 0 radical (unpaired) electrons. The van der Waals surface area contributed by atoms with E-state index in [1.54, 1.807) is 11.6 Å². The van der Waals surface area contributed by atoms with Crippen LogP contribution in [-0.4, -0.2) is 37.0 Å². The molecule has 0 aromatic carbocycles. The Kier molecular flexibility index (Phi) is 4.72. The fourth-order valence-corrected chi connectivity index (χ4v) is 2.08. The van der Waals surface area contributed by atoms with Crippen molar-refractivity contribution in [2.45, 2.75) is 63.6 Å². The average Bonchev–Trinajstić information content (AvgIpc) is 2.62. The molecule has 6 nitrogen and oxygen atoms in total. The Morgan fingerprint density at radius 3 is 2.44 bits per heavy atom. The van der Waals surface area contributed by atoms with Gasteiger partial charge in [-0.25, -0.2) is 4.68 Å². The third-order valence-corrected chi connectivity index (χ3v) is 3.00. The predicted octanol–water partition coefficient (Wildman–Crippen LogP) is 2.08. The van der Waals surface area contributed by atoms with Crippen LogP contribution in [0.25, 0.3) is 0 Å². The summed E-state index contributed by atoms with van der Waals surface area (Å²) in [6.07, 6.45) is 0. The van der Waals surface area contributed by atoms with Crippen molar-refractivity contribution < 1.29 is 9.53 Å². The Bertz CT molecular complexity index is 411. The molecule has 102 valence electrons. The largest absolute Gasteiger partial charge is 0.459 e. The van der Waals surface area contributed by atoms with Crippen molar-refractivity contribution in [1.82, 2.24) is 20.2 Å². The van der Waals surface area contributed by atoms with Gasteiger partial charge in [0.1, 0.15) is 10.9 Å². The highest BCUT2D eigenvalue weighted by Gasteiger charge is 2.24. The SMILES string of the molecule is CC(C)n1nnnc1S[C@@H](C)C(=O)OC(C)(C)C. The van der Waals surface area contributed by atoms with E-state index in [-0.39, 0.29) is 17.3 Å². The Hall–Kier alpha value is -1.11. The van der Waals surface area contributed by atoms with Gasteiger partial charge in [0.05, 0.1) is 6.04 Å². The zero-order valence-corrected chi connectivity index (χ0v) is 12.5. The summed E-state index contributed by atoms with van der Waals surface area (Å²) in [5.74, 6) is -0.259. The number of carbonyl (C=O) groups is 1. The van der Waals surface area contributed by atoms with Crippen LogP contribution in [0.15, 0.2) is 5.16 Å². The highest BCUT2D eigenvalue weighted by Crippen LogP contribution is 2.24. The standard InChI is InChI=1S/C11H20N4O2S/c1-7(2)15-10(12-13-14-15)18-8(3)9(16)17-11(4,5)6/h7-8H,1-6H3/t8-/m0/s1. The van der Waals surface area contributed by atoms with Crippen LogP contribution >= 0.6 is 11.8 Å². The van der Waals surface area contributed by atoms with Gasteiger partial charge in [-0.3, -0.25) is 4.79 Å². The first kappa shape index (κ1) is 14.9. The molecule has 0 bridgehead atoms. The third kappa shape index (κ3) is 4.29. The minimum Gasteiger partial charge on any atom is -0.459 e. The highest BCUT2D eigenvalue weighted by atomic mass is 32.2. The molecule has 1 aromatic heterocycles. The molecule has 0 saturated heterocycles. The maximum Gasteiger partial charge on any atom is 0.319 e. The summed E-state index contributed by atoms with van der Waals surface area (Å²) in [6.45, 7) is 11.3. The lowest BCUT2D eigenvalue weighted by Crippen LogP contribution is -2.29. The fraction of sp³-hybridized carbons (Fsp3) is 0.818. The Balaban J connectivity index is 2.67. The molecule has 0 aliphatic rings. The van der Waals surface area contributed by atoms with Crippen molar-refractivity contribution in [3.63, 3.8) is 0 Å². The zero-order valence-electron chi connectivity index (χ0n) is 11.7. The molecule has 1 atom stereocenters. The molecule has 1 aromatic rings. The summed E-state index contributed by atoms with van der Waals surface area (Å²) in [6, 6.07) is 0.160. The second-order valence-electron chi connectivity index (χ2n) is 5.29. The van der Waals surface area contributed by atoms with Gasteiger partial charge in [0.25, 0.3) is 0 Å². The maximum absolute atomic E-state index is 11.8. The van der Waals surface area contributed by atoms with Crippen molar-refractivity contribution in [3.05, 3.63) is 0 Å². The number of nitrogens with zero attached hydrogens (tertiary/aromatic N) is 4. The number of esters is 1. The molecule has 0 spiro atoms. The number of thioether (sulfide) groups is 1. The smallest absolute Gasteiger partial charge is 0.319 e. The van der Waals surface area contributed by atoms with E-state index in [1.165, 1.54) is 11.8 Å². The quantitative estimate of drug-likeness (QED) is 0.617. The molecule has 0 unspecified atom stereocenters. The zero-order chi connectivity index (χ0) is 13.9. The van der Waals surface area contributed by atoms with E-state index in [0.29, 0.717) is 5.16 Å². The first-order valence-corrected chi connectivity index (χ1v) is 6.76. The molecule has 0 fully saturated rings. The van der Waals surface area contributed by atoms with E-state index >= 15 is 0 Å². The normalized spacial score (nSPS) is 13.7. The fourth-order valence-electron chi connectivity index (χ4n) is 1.18. The van der Waals surface area contributed by atoms with Gasteiger partial charge >= 0.3 is 5.97 Å². The van der Waals surface area contributed by atoms with Crippen LogP contribution < -0.4 is 0 Å². The Labute approximate surface area is 111 Å². The number of hydrogen-bond acceptors (Lipinski definition) is 6. The van der Waals surface area contributed by atoms with E-state index in [4.69, 9.17) is 4.74 Å². The number of aromatic nitrogens is 4. The van der Waals surface area contributed by atoms with Gasteiger partial charge in [0.2, 0.25) is 5.16 Å². The summed E-state index contributed by atoms with van der Waals surface area (Å²) in [7, 11) is 0. The molecule has 0 aliphatic heterocycles. The lowest BCUT2D eigenvalue weighted by molar-refractivity contribution is -0.153. The van der Waals surface area contributed by atoms with E-state index in [2.05, 4.69) is 15.5 Å². The molecule has 1 rings (SSSR count). The predicted molar refractivity (Wildman–Crippen MR) is 69.4 cm³/mol. The second kappa shape index (κ2) is 5.69. The molecular formula is C11H20N4O2S. The number of tetrazole rings is 1. The highest BCUT2D eigenvalue weighted by molar-refractivity contribution is 8.00. The summed E-state index contributed by atoms with van der Waals surface area (Å²) >= 11 is 1.31. The molecular weight excluding hydrogens is 252 g/mol. The topological polar surface area (TPSA) is 69.9 Å². The minimum atomic E-state index is -0.476. The van der Waals surface area contributed by atoms with Crippen LogP contribution in [-0.2, 0) is 9.53 Å². The van der Waals surface area contributed by atoms with Gasteiger partial charge < -0.3 is 4.74 Å². The lowest BCUT2D eigenvalue weighted by Gasteiger charge is -2.21. The molecule has 1 heterocycles. The average molecular weight is 272 g/mol. The number of ether oxygens (including phenoxy) is 1. The maximum atomic E-state index is 11.8. The van der Waals surface area contributed by atoms with Crippen LogP contribution in [0.3, 0.4) is 0 Å². The van der Waals surface area contributed by atoms with E-state index in [9.17, 15) is 4.79 Å². The summed E-state index contributed by atoms with van der Waals surface area (Å²) in [5, 5.41) is 11.7. The van der Waals surface area contributed by atoms with Gasteiger partial charge in [-0.05, 0) is 52.0 Å². The second-order valence-corrected chi connectivity index (χ2v) is 6.60. The van der Waals surface area contributed by atoms with E-state index in [1.807, 2.05) is 34.6 Å². The molecule has 0 N–H and O–H groups in total. The summed E-state index contributed by atoms with van der Waals surface area (Å²) < 4.78 is 7.00. The lowest BCUT2D eigenvalue weighted by atomic mass is 10.2. The van der Waals surface area contributed by atoms with Crippen molar-refractivity contribution in [1.29, 1.82) is 0 Å². The van der Waals surface area contributed by atoms with E-state index < -0.39 is 5.60 Å². The monoisotopic (exact) mass is 272 g/mol. The van der Waals surface area contributed by atoms with Gasteiger partial charge in [-0.15, -0.1) is 5.10 Å². The van der Waals surface area contributed by atoms with Gasteiger partial charge in [0, 0.05) is 0 Å². The summed E-state index contributed by atoms with van der Waals surface area (Å²) in [4.78, 5) is 11.8. The van der Waals surface area contributed by atoms with Crippen molar-refractivity contribution in [2.24, 2.45) is 0 Å². The molecule has 0 aliphatic carbocycles.